The van der Waals surface area contributed by atoms with E-state index in [-0.39, 0.29) is 12.5 Å². The molecule has 0 radical (unpaired) electrons. The Morgan fingerprint density at radius 2 is 2.16 bits per heavy atom. The molecular formula is C13H14ClIN2O2. The molecule has 6 heteroatoms. The van der Waals surface area contributed by atoms with E-state index in [1.54, 1.807) is 10.7 Å². The first-order chi connectivity index (χ1) is 8.78. The van der Waals surface area contributed by atoms with Crippen molar-refractivity contribution in [2.45, 2.75) is 32.9 Å². The van der Waals surface area contributed by atoms with Crippen molar-refractivity contribution in [3.05, 3.63) is 26.9 Å². The summed E-state index contributed by atoms with van der Waals surface area (Å²) in [4.78, 5) is 11.9. The van der Waals surface area contributed by atoms with E-state index in [0.29, 0.717) is 5.02 Å². The summed E-state index contributed by atoms with van der Waals surface area (Å²) >= 11 is 8.30. The Kier molecular flexibility index (Phi) is 4.06. The summed E-state index contributed by atoms with van der Waals surface area (Å²) in [6.45, 7) is 5.56. The van der Waals surface area contributed by atoms with Crippen LogP contribution in [0.15, 0.2) is 18.2 Å². The van der Waals surface area contributed by atoms with E-state index in [4.69, 9.17) is 16.3 Å². The molecule has 4 nitrogen and oxygen atoms in total. The molecule has 1 heterocycles. The van der Waals surface area contributed by atoms with Crippen LogP contribution in [-0.4, -0.2) is 21.4 Å². The molecule has 0 N–H and O–H groups in total. The van der Waals surface area contributed by atoms with Crippen LogP contribution in [0.2, 0.25) is 5.02 Å². The quantitative estimate of drug-likeness (QED) is 0.579. The van der Waals surface area contributed by atoms with Crippen molar-refractivity contribution in [3.63, 3.8) is 0 Å². The van der Waals surface area contributed by atoms with Crippen LogP contribution in [0.25, 0.3) is 10.9 Å². The van der Waals surface area contributed by atoms with Crippen LogP contribution in [0.1, 0.15) is 20.8 Å². The number of para-hydroxylation sites is 1. The monoisotopic (exact) mass is 392 g/mol. The number of benzene rings is 1. The van der Waals surface area contributed by atoms with E-state index in [1.165, 1.54) is 0 Å². The summed E-state index contributed by atoms with van der Waals surface area (Å²) in [7, 11) is 0. The fourth-order valence-corrected chi connectivity index (χ4v) is 2.73. The van der Waals surface area contributed by atoms with E-state index < -0.39 is 5.60 Å². The average molecular weight is 393 g/mol. The van der Waals surface area contributed by atoms with Crippen molar-refractivity contribution in [1.29, 1.82) is 0 Å². The molecule has 102 valence electrons. The number of fused-ring (bicyclic) bond motifs is 1. The molecule has 19 heavy (non-hydrogen) atoms. The zero-order valence-electron chi connectivity index (χ0n) is 10.9. The number of aromatic nitrogens is 2. The van der Waals surface area contributed by atoms with E-state index in [2.05, 4.69) is 27.7 Å². The number of carbonyl (C=O) groups excluding carboxylic acids is 1. The fourth-order valence-electron chi connectivity index (χ4n) is 1.76. The first kappa shape index (κ1) is 14.6. The maximum Gasteiger partial charge on any atom is 0.328 e. The van der Waals surface area contributed by atoms with Crippen molar-refractivity contribution in [2.75, 3.05) is 0 Å². The van der Waals surface area contributed by atoms with Gasteiger partial charge in [-0.2, -0.15) is 5.10 Å². The number of halogens is 2. The van der Waals surface area contributed by atoms with Gasteiger partial charge in [0.2, 0.25) is 0 Å². The molecule has 0 aliphatic rings. The lowest BCUT2D eigenvalue weighted by Gasteiger charge is -2.19. The number of carbonyl (C=O) groups is 1. The largest absolute Gasteiger partial charge is 0.459 e. The van der Waals surface area contributed by atoms with Gasteiger partial charge in [-0.25, -0.2) is 0 Å². The van der Waals surface area contributed by atoms with Crippen LogP contribution >= 0.6 is 34.2 Å². The first-order valence-electron chi connectivity index (χ1n) is 5.80. The third-order valence-corrected chi connectivity index (χ3v) is 3.48. The number of hydrogen-bond acceptors (Lipinski definition) is 3. The molecule has 0 fully saturated rings. The molecule has 2 rings (SSSR count). The molecule has 0 aliphatic heterocycles. The van der Waals surface area contributed by atoms with Crippen LogP contribution in [0.5, 0.6) is 0 Å². The Hall–Kier alpha value is -0.820. The van der Waals surface area contributed by atoms with Crippen LogP contribution in [-0.2, 0) is 16.1 Å². The average Bonchev–Trinajstić information content (AvgIpc) is 2.54. The highest BCUT2D eigenvalue weighted by Crippen LogP contribution is 2.27. The van der Waals surface area contributed by atoms with Gasteiger partial charge in [-0.05, 0) is 55.5 Å². The van der Waals surface area contributed by atoms with Crippen molar-refractivity contribution >= 4 is 51.1 Å². The van der Waals surface area contributed by atoms with Gasteiger partial charge in [0.15, 0.2) is 0 Å². The summed E-state index contributed by atoms with van der Waals surface area (Å²) in [5.41, 5.74) is 0.260. The molecule has 0 saturated carbocycles. The maximum absolute atomic E-state index is 11.9. The standard InChI is InChI=1S/C13H14ClIN2O2/c1-13(2,3)19-10(18)7-17-11-8(12(15)16-17)5-4-6-9(11)14/h4-6H,7H2,1-3H3. The van der Waals surface area contributed by atoms with Crippen LogP contribution in [0.4, 0.5) is 0 Å². The number of rotatable bonds is 2. The van der Waals surface area contributed by atoms with Gasteiger partial charge in [-0.1, -0.05) is 17.7 Å². The minimum atomic E-state index is -0.503. The molecule has 1 aromatic heterocycles. The third-order valence-electron chi connectivity index (χ3n) is 2.37. The number of esters is 1. The Morgan fingerprint density at radius 3 is 2.79 bits per heavy atom. The van der Waals surface area contributed by atoms with E-state index in [9.17, 15) is 4.79 Å². The van der Waals surface area contributed by atoms with Gasteiger partial charge in [0, 0.05) is 5.39 Å². The first-order valence-corrected chi connectivity index (χ1v) is 7.26. The zero-order valence-corrected chi connectivity index (χ0v) is 13.8. The molecule has 0 aliphatic carbocycles. The lowest BCUT2D eigenvalue weighted by Crippen LogP contribution is -2.26. The highest BCUT2D eigenvalue weighted by Gasteiger charge is 2.19. The van der Waals surface area contributed by atoms with Crippen LogP contribution in [0, 0.1) is 3.70 Å². The molecule has 0 atom stereocenters. The zero-order chi connectivity index (χ0) is 14.2. The normalized spacial score (nSPS) is 11.8. The van der Waals surface area contributed by atoms with Gasteiger partial charge >= 0.3 is 5.97 Å². The van der Waals surface area contributed by atoms with E-state index in [0.717, 1.165) is 14.6 Å². The number of ether oxygens (including phenoxy) is 1. The number of hydrogen-bond donors (Lipinski definition) is 0. The van der Waals surface area contributed by atoms with Gasteiger partial charge in [0.05, 0.1) is 10.5 Å². The van der Waals surface area contributed by atoms with Crippen LogP contribution in [0.3, 0.4) is 0 Å². The second-order valence-corrected chi connectivity index (χ2v) is 6.60. The summed E-state index contributed by atoms with van der Waals surface area (Å²) in [5, 5.41) is 5.86. The predicted octanol–water partition coefficient (Wildman–Crippen LogP) is 3.64. The summed E-state index contributed by atoms with van der Waals surface area (Å²) in [6.07, 6.45) is 0. The molecule has 0 amide bonds. The highest BCUT2D eigenvalue weighted by molar-refractivity contribution is 14.1. The lowest BCUT2D eigenvalue weighted by atomic mass is 10.2. The van der Waals surface area contributed by atoms with Gasteiger partial charge in [0.25, 0.3) is 0 Å². The second kappa shape index (κ2) is 5.28. The van der Waals surface area contributed by atoms with Crippen molar-refractivity contribution in [1.82, 2.24) is 9.78 Å². The Balaban J connectivity index is 2.34. The molecule has 1 aromatic carbocycles. The van der Waals surface area contributed by atoms with Crippen molar-refractivity contribution in [3.8, 4) is 0 Å². The summed E-state index contributed by atoms with van der Waals surface area (Å²) in [6, 6.07) is 5.58. The van der Waals surface area contributed by atoms with E-state index >= 15 is 0 Å². The molecular weight excluding hydrogens is 379 g/mol. The predicted molar refractivity (Wildman–Crippen MR) is 83.3 cm³/mol. The van der Waals surface area contributed by atoms with Gasteiger partial charge < -0.3 is 4.74 Å². The highest BCUT2D eigenvalue weighted by atomic mass is 127. The van der Waals surface area contributed by atoms with Crippen molar-refractivity contribution < 1.29 is 9.53 Å². The minimum absolute atomic E-state index is 0.0561. The summed E-state index contributed by atoms with van der Waals surface area (Å²) < 4.78 is 7.70. The third kappa shape index (κ3) is 3.39. The van der Waals surface area contributed by atoms with Crippen LogP contribution < -0.4 is 0 Å². The Morgan fingerprint density at radius 1 is 1.47 bits per heavy atom. The topological polar surface area (TPSA) is 44.1 Å². The second-order valence-electron chi connectivity index (χ2n) is 5.17. The fraction of sp³-hybridized carbons (Fsp3) is 0.385. The minimum Gasteiger partial charge on any atom is -0.459 e. The van der Waals surface area contributed by atoms with Gasteiger partial charge in [-0.3, -0.25) is 9.48 Å². The van der Waals surface area contributed by atoms with Crippen molar-refractivity contribution in [2.24, 2.45) is 0 Å². The smallest absolute Gasteiger partial charge is 0.328 e. The molecule has 0 unspecified atom stereocenters. The van der Waals surface area contributed by atoms with E-state index in [1.807, 2.05) is 32.9 Å². The van der Waals surface area contributed by atoms with Gasteiger partial charge in [-0.15, -0.1) is 0 Å². The maximum atomic E-state index is 11.9. The van der Waals surface area contributed by atoms with Gasteiger partial charge in [0.1, 0.15) is 15.8 Å². The summed E-state index contributed by atoms with van der Waals surface area (Å²) in [5.74, 6) is -0.326. The molecule has 0 saturated heterocycles. The Labute approximate surface area is 130 Å². The Bertz CT molecular complexity index is 631. The molecule has 2 aromatic rings. The lowest BCUT2D eigenvalue weighted by molar-refractivity contribution is -0.155. The molecule has 0 spiro atoms. The SMILES string of the molecule is CC(C)(C)OC(=O)Cn1nc(I)c2cccc(Cl)c21. The number of nitrogens with zero attached hydrogens (tertiary/aromatic N) is 2. The molecule has 0 bridgehead atoms.